The molecule has 0 aliphatic carbocycles. The summed E-state index contributed by atoms with van der Waals surface area (Å²) in [4.78, 5) is 11.6. The van der Waals surface area contributed by atoms with Gasteiger partial charge in [-0.2, -0.15) is 5.10 Å². The molecule has 1 fully saturated rings. The molecule has 1 aliphatic heterocycles. The molecule has 1 aromatic heterocycles. The summed E-state index contributed by atoms with van der Waals surface area (Å²) in [5, 5.41) is 3.81. The van der Waals surface area contributed by atoms with Gasteiger partial charge >= 0.3 is 0 Å². The van der Waals surface area contributed by atoms with E-state index in [4.69, 9.17) is 0 Å². The first-order chi connectivity index (χ1) is 7.07. The van der Waals surface area contributed by atoms with Crippen LogP contribution in [0.2, 0.25) is 0 Å². The van der Waals surface area contributed by atoms with Gasteiger partial charge < -0.3 is 0 Å². The molecule has 15 heavy (non-hydrogen) atoms. The topological polar surface area (TPSA) is 69.0 Å². The quantitative estimate of drug-likeness (QED) is 0.732. The molecular weight excluding hydrogens is 216 g/mol. The summed E-state index contributed by atoms with van der Waals surface area (Å²) in [7, 11) is -2.89. The van der Waals surface area contributed by atoms with E-state index in [1.165, 1.54) is 10.9 Å². The van der Waals surface area contributed by atoms with Gasteiger partial charge in [0.25, 0.3) is 0 Å². The average Bonchev–Trinajstić information content (AvgIpc) is 2.74. The SMILES string of the molecule is O=C(CC1CCS(=O)(=O)C1)n1cccn1. The van der Waals surface area contributed by atoms with E-state index < -0.39 is 9.84 Å². The molecule has 82 valence electrons. The number of carbonyl (C=O) groups excluding carboxylic acids is 1. The zero-order chi connectivity index (χ0) is 10.9. The Labute approximate surface area is 88.0 Å². The van der Waals surface area contributed by atoms with Crippen molar-refractivity contribution in [3.8, 4) is 0 Å². The van der Waals surface area contributed by atoms with Crippen LogP contribution in [-0.2, 0) is 9.84 Å². The molecule has 0 N–H and O–H groups in total. The summed E-state index contributed by atoms with van der Waals surface area (Å²) in [5.41, 5.74) is 0. The van der Waals surface area contributed by atoms with E-state index in [2.05, 4.69) is 5.10 Å². The van der Waals surface area contributed by atoms with Crippen LogP contribution in [0.5, 0.6) is 0 Å². The number of sulfone groups is 1. The van der Waals surface area contributed by atoms with Gasteiger partial charge in [-0.3, -0.25) is 4.79 Å². The van der Waals surface area contributed by atoms with Gasteiger partial charge in [0.2, 0.25) is 5.91 Å². The molecule has 1 atom stereocenters. The maximum absolute atomic E-state index is 11.6. The molecule has 0 amide bonds. The number of nitrogens with zero attached hydrogens (tertiary/aromatic N) is 2. The van der Waals surface area contributed by atoms with Crippen molar-refractivity contribution < 1.29 is 13.2 Å². The van der Waals surface area contributed by atoms with Crippen LogP contribution in [0.3, 0.4) is 0 Å². The molecule has 2 rings (SSSR count). The van der Waals surface area contributed by atoms with Gasteiger partial charge in [-0.15, -0.1) is 0 Å². The second-order valence-corrected chi connectivity index (χ2v) is 6.05. The Bertz CT molecular complexity index is 450. The first kappa shape index (κ1) is 10.4. The van der Waals surface area contributed by atoms with Gasteiger partial charge in [-0.05, 0) is 18.4 Å². The second-order valence-electron chi connectivity index (χ2n) is 3.82. The van der Waals surface area contributed by atoms with E-state index in [0.29, 0.717) is 6.42 Å². The molecule has 6 heteroatoms. The van der Waals surface area contributed by atoms with E-state index in [1.54, 1.807) is 12.3 Å². The highest BCUT2D eigenvalue weighted by atomic mass is 32.2. The minimum absolute atomic E-state index is 0.0355. The van der Waals surface area contributed by atoms with E-state index in [0.717, 1.165) is 0 Å². The van der Waals surface area contributed by atoms with Crippen LogP contribution >= 0.6 is 0 Å². The monoisotopic (exact) mass is 228 g/mol. The lowest BCUT2D eigenvalue weighted by Crippen LogP contribution is -2.16. The zero-order valence-electron chi connectivity index (χ0n) is 8.17. The molecular formula is C9H12N2O3S. The standard InChI is InChI=1S/C9H12N2O3S/c12-9(11-4-1-3-10-11)6-8-2-5-15(13,14)7-8/h1,3-4,8H,2,5-7H2. The first-order valence-electron chi connectivity index (χ1n) is 4.80. The summed E-state index contributed by atoms with van der Waals surface area (Å²) in [6.45, 7) is 0. The van der Waals surface area contributed by atoms with Gasteiger partial charge in [-0.1, -0.05) is 0 Å². The number of carbonyl (C=O) groups is 1. The van der Waals surface area contributed by atoms with E-state index in [9.17, 15) is 13.2 Å². The lowest BCUT2D eigenvalue weighted by Gasteiger charge is -2.05. The molecule has 0 radical (unpaired) electrons. The fraction of sp³-hybridized carbons (Fsp3) is 0.556. The van der Waals surface area contributed by atoms with Crippen molar-refractivity contribution in [2.75, 3.05) is 11.5 Å². The van der Waals surface area contributed by atoms with Crippen LogP contribution in [-0.4, -0.2) is 35.6 Å². The lowest BCUT2D eigenvalue weighted by atomic mass is 10.1. The smallest absolute Gasteiger partial charge is 0.247 e. The highest BCUT2D eigenvalue weighted by Crippen LogP contribution is 2.21. The van der Waals surface area contributed by atoms with Crippen LogP contribution in [0.1, 0.15) is 17.6 Å². The third kappa shape index (κ3) is 2.44. The molecule has 0 bridgehead atoms. The van der Waals surface area contributed by atoms with Crippen molar-refractivity contribution >= 4 is 15.7 Å². The third-order valence-corrected chi connectivity index (χ3v) is 4.39. The van der Waals surface area contributed by atoms with Gasteiger partial charge in [0.15, 0.2) is 9.84 Å². The molecule has 0 aromatic carbocycles. The Morgan fingerprint density at radius 1 is 1.53 bits per heavy atom. The van der Waals surface area contributed by atoms with Crippen LogP contribution in [0.25, 0.3) is 0 Å². The van der Waals surface area contributed by atoms with Crippen molar-refractivity contribution in [2.45, 2.75) is 12.8 Å². The Hall–Kier alpha value is -1.17. The number of hydrogen-bond acceptors (Lipinski definition) is 4. The van der Waals surface area contributed by atoms with Crippen molar-refractivity contribution in [3.05, 3.63) is 18.5 Å². The Balaban J connectivity index is 1.97. The van der Waals surface area contributed by atoms with Crippen molar-refractivity contribution in [1.29, 1.82) is 0 Å². The minimum atomic E-state index is -2.89. The van der Waals surface area contributed by atoms with Crippen LogP contribution in [0.4, 0.5) is 0 Å². The summed E-state index contributed by atoms with van der Waals surface area (Å²) < 4.78 is 23.6. The van der Waals surface area contributed by atoms with Gasteiger partial charge in [0.05, 0.1) is 11.5 Å². The van der Waals surface area contributed by atoms with Gasteiger partial charge in [0.1, 0.15) is 0 Å². The predicted molar refractivity (Wildman–Crippen MR) is 54.2 cm³/mol. The van der Waals surface area contributed by atoms with Crippen LogP contribution < -0.4 is 0 Å². The first-order valence-corrected chi connectivity index (χ1v) is 6.62. The van der Waals surface area contributed by atoms with Gasteiger partial charge in [0, 0.05) is 18.8 Å². The van der Waals surface area contributed by atoms with Crippen molar-refractivity contribution in [2.24, 2.45) is 5.92 Å². The maximum Gasteiger partial charge on any atom is 0.247 e. The molecule has 2 heterocycles. The largest absolute Gasteiger partial charge is 0.273 e. The van der Waals surface area contributed by atoms with Crippen LogP contribution in [0, 0.1) is 5.92 Å². The third-order valence-electron chi connectivity index (χ3n) is 2.55. The normalized spacial score (nSPS) is 24.1. The molecule has 1 unspecified atom stereocenters. The summed E-state index contributed by atoms with van der Waals surface area (Å²) in [6, 6.07) is 1.67. The summed E-state index contributed by atoms with van der Waals surface area (Å²) in [6.07, 6.45) is 3.96. The average molecular weight is 228 g/mol. The zero-order valence-corrected chi connectivity index (χ0v) is 8.98. The summed E-state index contributed by atoms with van der Waals surface area (Å²) >= 11 is 0. The highest BCUT2D eigenvalue weighted by Gasteiger charge is 2.29. The van der Waals surface area contributed by atoms with Crippen LogP contribution in [0.15, 0.2) is 18.5 Å². The van der Waals surface area contributed by atoms with E-state index in [-0.39, 0.29) is 29.8 Å². The predicted octanol–water partition coefficient (Wildman–Crippen LogP) is 0.348. The fourth-order valence-corrected chi connectivity index (χ4v) is 3.65. The molecule has 1 aliphatic rings. The number of hydrogen-bond donors (Lipinski definition) is 0. The van der Waals surface area contributed by atoms with Crippen molar-refractivity contribution in [3.63, 3.8) is 0 Å². The fourth-order valence-electron chi connectivity index (χ4n) is 1.79. The minimum Gasteiger partial charge on any atom is -0.273 e. The molecule has 1 aromatic rings. The molecule has 0 spiro atoms. The van der Waals surface area contributed by atoms with E-state index in [1.807, 2.05) is 0 Å². The molecule has 5 nitrogen and oxygen atoms in total. The maximum atomic E-state index is 11.6. The number of rotatable bonds is 2. The van der Waals surface area contributed by atoms with Gasteiger partial charge in [-0.25, -0.2) is 13.1 Å². The molecule has 1 saturated heterocycles. The second kappa shape index (κ2) is 3.77. The lowest BCUT2D eigenvalue weighted by molar-refractivity contribution is 0.0868. The Morgan fingerprint density at radius 3 is 2.87 bits per heavy atom. The highest BCUT2D eigenvalue weighted by molar-refractivity contribution is 7.91. The Morgan fingerprint density at radius 2 is 2.33 bits per heavy atom. The number of aromatic nitrogens is 2. The Kier molecular flexibility index (Phi) is 2.60. The van der Waals surface area contributed by atoms with Crippen molar-refractivity contribution in [1.82, 2.24) is 9.78 Å². The van der Waals surface area contributed by atoms with E-state index >= 15 is 0 Å². The molecule has 0 saturated carbocycles. The summed E-state index contributed by atoms with van der Waals surface area (Å²) in [5.74, 6) is 0.179.